The van der Waals surface area contributed by atoms with Crippen LogP contribution >= 0.6 is 0 Å². The lowest BCUT2D eigenvalue weighted by Gasteiger charge is -2.15. The quantitative estimate of drug-likeness (QED) is 0.564. The predicted octanol–water partition coefficient (Wildman–Crippen LogP) is 0.871. The first kappa shape index (κ1) is 15.4. The fourth-order valence-electron chi connectivity index (χ4n) is 1.80. The summed E-state index contributed by atoms with van der Waals surface area (Å²) < 4.78 is 6.36. The fraction of sp³-hybridized carbons (Fsp3) is 0.727. The summed E-state index contributed by atoms with van der Waals surface area (Å²) in [6.45, 7) is 3.75. The number of hydrogen-bond donors (Lipinski definition) is 2. The lowest BCUT2D eigenvalue weighted by Crippen LogP contribution is -2.30. The zero-order chi connectivity index (χ0) is 14.6. The van der Waals surface area contributed by atoms with Crippen LogP contribution in [0.4, 0.5) is 11.5 Å². The maximum atomic E-state index is 11.2. The third-order valence-corrected chi connectivity index (χ3v) is 2.71. The molecule has 0 aromatic carbocycles. The second-order valence-electron chi connectivity index (χ2n) is 4.60. The first-order valence-corrected chi connectivity index (χ1v) is 5.99. The van der Waals surface area contributed by atoms with Gasteiger partial charge in [-0.3, -0.25) is 10.1 Å². The molecule has 0 aliphatic carbocycles. The molecule has 1 aromatic heterocycles. The van der Waals surface area contributed by atoms with Gasteiger partial charge in [0.1, 0.15) is 5.69 Å². The molecule has 0 saturated carbocycles. The van der Waals surface area contributed by atoms with Crippen molar-refractivity contribution in [1.82, 2.24) is 9.78 Å². The van der Waals surface area contributed by atoms with Gasteiger partial charge in [-0.05, 0) is 0 Å². The molecule has 1 unspecified atom stereocenters. The van der Waals surface area contributed by atoms with Crippen molar-refractivity contribution in [3.8, 4) is 0 Å². The molecule has 0 fully saturated rings. The van der Waals surface area contributed by atoms with E-state index >= 15 is 0 Å². The van der Waals surface area contributed by atoms with E-state index in [4.69, 9.17) is 4.74 Å². The molecule has 108 valence electrons. The number of ether oxygens (including phenoxy) is 1. The number of aliphatic hydroxyl groups is 1. The molecule has 1 aromatic rings. The summed E-state index contributed by atoms with van der Waals surface area (Å²) in [5.41, 5.74) is 0.371. The number of hydrogen-bond acceptors (Lipinski definition) is 6. The highest BCUT2D eigenvalue weighted by Crippen LogP contribution is 2.33. The van der Waals surface area contributed by atoms with Crippen molar-refractivity contribution in [2.45, 2.75) is 25.8 Å². The standard InChI is InChI=1S/C11H20N4O4/c1-7(2)9-10(15(17)18)11(14(3)13-9)12-8(5-16)6-19-4/h7-8,12,16H,5-6H2,1-4H3. The highest BCUT2D eigenvalue weighted by molar-refractivity contribution is 5.61. The van der Waals surface area contributed by atoms with Gasteiger partial charge >= 0.3 is 5.69 Å². The van der Waals surface area contributed by atoms with Gasteiger partial charge < -0.3 is 15.2 Å². The average molecular weight is 272 g/mol. The number of aryl methyl sites for hydroxylation is 1. The van der Waals surface area contributed by atoms with Crippen LogP contribution in [0.2, 0.25) is 0 Å². The largest absolute Gasteiger partial charge is 0.394 e. The number of nitro groups is 1. The molecular formula is C11H20N4O4. The van der Waals surface area contributed by atoms with Crippen LogP contribution in [-0.4, -0.2) is 46.2 Å². The lowest BCUT2D eigenvalue weighted by atomic mass is 10.1. The van der Waals surface area contributed by atoms with Crippen LogP contribution in [0.25, 0.3) is 0 Å². The molecule has 0 bridgehead atoms. The van der Waals surface area contributed by atoms with Crippen molar-refractivity contribution in [3.05, 3.63) is 15.8 Å². The minimum atomic E-state index is -0.452. The van der Waals surface area contributed by atoms with Crippen LogP contribution in [0.15, 0.2) is 0 Å². The number of nitrogens with one attached hydrogen (secondary N) is 1. The van der Waals surface area contributed by atoms with E-state index in [-0.39, 0.29) is 30.6 Å². The van der Waals surface area contributed by atoms with Gasteiger partial charge in [0.25, 0.3) is 0 Å². The van der Waals surface area contributed by atoms with Crippen molar-refractivity contribution in [3.63, 3.8) is 0 Å². The summed E-state index contributed by atoms with van der Waals surface area (Å²) in [5.74, 6) is 0.224. The highest BCUT2D eigenvalue weighted by atomic mass is 16.6. The SMILES string of the molecule is COCC(CO)Nc1c([N+](=O)[O-])c(C(C)C)nn1C. The Bertz CT molecular complexity index is 444. The Morgan fingerprint density at radius 1 is 1.58 bits per heavy atom. The molecule has 1 atom stereocenters. The van der Waals surface area contributed by atoms with Crippen molar-refractivity contribution in [1.29, 1.82) is 0 Å². The van der Waals surface area contributed by atoms with Crippen molar-refractivity contribution >= 4 is 11.5 Å². The van der Waals surface area contributed by atoms with E-state index in [0.717, 1.165) is 0 Å². The van der Waals surface area contributed by atoms with Crippen LogP contribution in [-0.2, 0) is 11.8 Å². The molecule has 19 heavy (non-hydrogen) atoms. The molecule has 8 heteroatoms. The third-order valence-electron chi connectivity index (χ3n) is 2.71. The third kappa shape index (κ3) is 3.42. The smallest absolute Gasteiger partial charge is 0.334 e. The van der Waals surface area contributed by atoms with Crippen LogP contribution in [0, 0.1) is 10.1 Å². The first-order valence-electron chi connectivity index (χ1n) is 5.99. The van der Waals surface area contributed by atoms with Crippen LogP contribution in [0.5, 0.6) is 0 Å². The fourth-order valence-corrected chi connectivity index (χ4v) is 1.80. The molecule has 1 heterocycles. The number of rotatable bonds is 7. The van der Waals surface area contributed by atoms with Crippen LogP contribution in [0.3, 0.4) is 0 Å². The number of anilines is 1. The molecule has 0 spiro atoms. The van der Waals surface area contributed by atoms with Gasteiger partial charge in [0, 0.05) is 20.1 Å². The number of aromatic nitrogens is 2. The van der Waals surface area contributed by atoms with Gasteiger partial charge in [-0.2, -0.15) is 5.10 Å². The van der Waals surface area contributed by atoms with E-state index in [1.165, 1.54) is 11.8 Å². The summed E-state index contributed by atoms with van der Waals surface area (Å²) in [5, 5.41) is 27.5. The van der Waals surface area contributed by atoms with Crippen molar-refractivity contribution in [2.24, 2.45) is 7.05 Å². The number of methoxy groups -OCH3 is 1. The molecule has 8 nitrogen and oxygen atoms in total. The average Bonchev–Trinajstić information content (AvgIpc) is 2.66. The second-order valence-corrected chi connectivity index (χ2v) is 4.60. The molecule has 0 aliphatic rings. The minimum absolute atomic E-state index is 0.0490. The topological polar surface area (TPSA) is 102 Å². The molecular weight excluding hydrogens is 252 g/mol. The van der Waals surface area contributed by atoms with Gasteiger partial charge in [0.15, 0.2) is 0 Å². The van der Waals surface area contributed by atoms with Crippen LogP contribution in [0.1, 0.15) is 25.5 Å². The predicted molar refractivity (Wildman–Crippen MR) is 70.3 cm³/mol. The van der Waals surface area contributed by atoms with Gasteiger partial charge in [-0.1, -0.05) is 13.8 Å². The Morgan fingerprint density at radius 3 is 2.63 bits per heavy atom. The Morgan fingerprint density at radius 2 is 2.21 bits per heavy atom. The number of aliphatic hydroxyl groups excluding tert-OH is 1. The molecule has 0 saturated heterocycles. The van der Waals surface area contributed by atoms with Crippen LogP contribution < -0.4 is 5.32 Å². The molecule has 2 N–H and O–H groups in total. The first-order chi connectivity index (χ1) is 8.92. The van der Waals surface area contributed by atoms with Gasteiger partial charge in [-0.25, -0.2) is 4.68 Å². The summed E-state index contributed by atoms with van der Waals surface area (Å²) >= 11 is 0. The summed E-state index contributed by atoms with van der Waals surface area (Å²) in [6.07, 6.45) is 0. The van der Waals surface area contributed by atoms with Crippen molar-refractivity contribution < 1.29 is 14.8 Å². The normalized spacial score (nSPS) is 12.7. The van der Waals surface area contributed by atoms with Gasteiger partial charge in [0.05, 0.1) is 24.2 Å². The number of nitrogens with zero attached hydrogens (tertiary/aromatic N) is 3. The summed E-state index contributed by atoms with van der Waals surface area (Å²) in [4.78, 5) is 10.8. The van der Waals surface area contributed by atoms with Gasteiger partial charge in [-0.15, -0.1) is 0 Å². The molecule has 0 amide bonds. The lowest BCUT2D eigenvalue weighted by molar-refractivity contribution is -0.384. The van der Waals surface area contributed by atoms with E-state index < -0.39 is 11.0 Å². The highest BCUT2D eigenvalue weighted by Gasteiger charge is 2.29. The Kier molecular flexibility index (Phi) is 5.25. The van der Waals surface area contributed by atoms with Crippen molar-refractivity contribution in [2.75, 3.05) is 25.6 Å². The van der Waals surface area contributed by atoms with E-state index in [0.29, 0.717) is 5.69 Å². The minimum Gasteiger partial charge on any atom is -0.394 e. The van der Waals surface area contributed by atoms with Gasteiger partial charge in [0.2, 0.25) is 5.82 Å². The Balaban J connectivity index is 3.15. The maximum absolute atomic E-state index is 11.2. The molecule has 0 aliphatic heterocycles. The van der Waals surface area contributed by atoms with E-state index in [2.05, 4.69) is 10.4 Å². The van der Waals surface area contributed by atoms with E-state index in [1.54, 1.807) is 7.05 Å². The Labute approximate surface area is 111 Å². The summed E-state index contributed by atoms with van der Waals surface area (Å²) in [7, 11) is 3.13. The zero-order valence-electron chi connectivity index (χ0n) is 11.6. The Hall–Kier alpha value is -1.67. The monoisotopic (exact) mass is 272 g/mol. The maximum Gasteiger partial charge on any atom is 0.334 e. The zero-order valence-corrected chi connectivity index (χ0v) is 11.6. The van der Waals surface area contributed by atoms with E-state index in [1.807, 2.05) is 13.8 Å². The van der Waals surface area contributed by atoms with E-state index in [9.17, 15) is 15.2 Å². The molecule has 0 radical (unpaired) electrons. The second kappa shape index (κ2) is 6.48. The molecule has 1 rings (SSSR count). The summed E-state index contributed by atoms with van der Waals surface area (Å²) in [6, 6.07) is -0.417.